The Hall–Kier alpha value is -2.61. The van der Waals surface area contributed by atoms with Crippen LogP contribution in [0.4, 0.5) is 5.69 Å². The number of thiophene rings is 1. The molecule has 1 amide bonds. The van der Waals surface area contributed by atoms with E-state index >= 15 is 0 Å². The molecule has 5 nitrogen and oxygen atoms in total. The number of carbonyl (C=O) groups excluding carboxylic acids is 1. The van der Waals surface area contributed by atoms with Crippen LogP contribution in [-0.2, 0) is 11.8 Å². The first-order chi connectivity index (χ1) is 14.5. The molecule has 0 unspecified atom stereocenters. The van der Waals surface area contributed by atoms with Gasteiger partial charge >= 0.3 is 0 Å². The molecule has 0 aliphatic heterocycles. The molecule has 4 rings (SSSR count). The Morgan fingerprint density at radius 3 is 2.60 bits per heavy atom. The van der Waals surface area contributed by atoms with E-state index in [2.05, 4.69) is 40.0 Å². The monoisotopic (exact) mass is 454 g/mol. The van der Waals surface area contributed by atoms with Gasteiger partial charge in [-0.3, -0.25) is 4.79 Å². The van der Waals surface area contributed by atoms with Crippen molar-refractivity contribution in [1.82, 2.24) is 14.8 Å². The Morgan fingerprint density at radius 1 is 1.13 bits per heavy atom. The van der Waals surface area contributed by atoms with Gasteiger partial charge in [0.15, 0.2) is 11.0 Å². The number of thioether (sulfide) groups is 1. The normalized spacial score (nSPS) is 10.9. The van der Waals surface area contributed by atoms with Crippen LogP contribution in [0.15, 0.2) is 65.1 Å². The van der Waals surface area contributed by atoms with Crippen LogP contribution in [0.5, 0.6) is 0 Å². The number of anilines is 1. The summed E-state index contributed by atoms with van der Waals surface area (Å²) in [7, 11) is 1.93. The van der Waals surface area contributed by atoms with Gasteiger partial charge in [-0.15, -0.1) is 21.5 Å². The highest BCUT2D eigenvalue weighted by Crippen LogP contribution is 2.38. The van der Waals surface area contributed by atoms with Crippen molar-refractivity contribution in [2.75, 3.05) is 11.1 Å². The van der Waals surface area contributed by atoms with Gasteiger partial charge in [-0.05, 0) is 36.8 Å². The van der Waals surface area contributed by atoms with Crippen molar-refractivity contribution in [1.29, 1.82) is 0 Å². The predicted molar refractivity (Wildman–Crippen MR) is 125 cm³/mol. The zero-order valence-corrected chi connectivity index (χ0v) is 18.8. The lowest BCUT2D eigenvalue weighted by atomic mass is 10.0. The van der Waals surface area contributed by atoms with E-state index in [9.17, 15) is 4.79 Å². The second-order valence-corrected chi connectivity index (χ2v) is 9.12. The quantitative estimate of drug-likeness (QED) is 0.368. The molecular weight excluding hydrogens is 436 g/mol. The number of hydrogen-bond acceptors (Lipinski definition) is 5. The molecule has 0 radical (unpaired) electrons. The fourth-order valence-electron chi connectivity index (χ4n) is 3.12. The van der Waals surface area contributed by atoms with Crippen LogP contribution in [0.25, 0.3) is 22.5 Å². The van der Waals surface area contributed by atoms with E-state index < -0.39 is 0 Å². The lowest BCUT2D eigenvalue weighted by Crippen LogP contribution is -2.14. The standard InChI is InChI=1S/C22H19ClN4OS2/c1-14-20(15-6-4-3-5-7-15)18(12-29-14)21-25-26-22(27(21)2)30-13-19(28)24-17-10-8-16(23)9-11-17/h3-12H,13H2,1-2H3,(H,24,28). The van der Waals surface area contributed by atoms with Gasteiger partial charge in [0.05, 0.1) is 5.75 Å². The summed E-state index contributed by atoms with van der Waals surface area (Å²) >= 11 is 8.93. The van der Waals surface area contributed by atoms with Crippen LogP contribution in [0.1, 0.15) is 4.88 Å². The summed E-state index contributed by atoms with van der Waals surface area (Å²) in [5.74, 6) is 0.921. The summed E-state index contributed by atoms with van der Waals surface area (Å²) in [6, 6.07) is 17.3. The molecule has 0 aliphatic carbocycles. The van der Waals surface area contributed by atoms with Crippen LogP contribution in [0, 0.1) is 6.92 Å². The van der Waals surface area contributed by atoms with E-state index in [1.807, 2.05) is 29.8 Å². The molecule has 8 heteroatoms. The van der Waals surface area contributed by atoms with Gasteiger partial charge in [0, 0.05) is 39.1 Å². The summed E-state index contributed by atoms with van der Waals surface area (Å²) in [6.07, 6.45) is 0. The maximum Gasteiger partial charge on any atom is 0.234 e. The topological polar surface area (TPSA) is 59.8 Å². The number of halogens is 1. The minimum atomic E-state index is -0.108. The molecule has 0 aliphatic rings. The van der Waals surface area contributed by atoms with Crippen LogP contribution in [0.2, 0.25) is 5.02 Å². The van der Waals surface area contributed by atoms with Crippen LogP contribution in [-0.4, -0.2) is 26.4 Å². The van der Waals surface area contributed by atoms with Gasteiger partial charge in [0.25, 0.3) is 0 Å². The van der Waals surface area contributed by atoms with Crippen molar-refractivity contribution < 1.29 is 4.79 Å². The molecule has 2 heterocycles. The lowest BCUT2D eigenvalue weighted by Gasteiger charge is -2.07. The number of nitrogens with zero attached hydrogens (tertiary/aromatic N) is 3. The Balaban J connectivity index is 1.50. The van der Waals surface area contributed by atoms with Crippen molar-refractivity contribution >= 4 is 46.3 Å². The zero-order chi connectivity index (χ0) is 21.1. The number of nitrogens with one attached hydrogen (secondary N) is 1. The average molecular weight is 455 g/mol. The number of hydrogen-bond donors (Lipinski definition) is 1. The SMILES string of the molecule is Cc1scc(-c2nnc(SCC(=O)Nc3ccc(Cl)cc3)n2C)c1-c1ccccc1. The van der Waals surface area contributed by atoms with Gasteiger partial charge in [0.1, 0.15) is 0 Å². The molecule has 0 spiro atoms. The minimum absolute atomic E-state index is 0.108. The van der Waals surface area contributed by atoms with Gasteiger partial charge in [-0.25, -0.2) is 0 Å². The molecule has 152 valence electrons. The number of rotatable bonds is 6. The largest absolute Gasteiger partial charge is 0.325 e. The fourth-order valence-corrected chi connectivity index (χ4v) is 4.82. The second kappa shape index (κ2) is 9.04. The highest BCUT2D eigenvalue weighted by Gasteiger charge is 2.19. The number of aromatic nitrogens is 3. The minimum Gasteiger partial charge on any atom is -0.325 e. The molecule has 0 saturated heterocycles. The van der Waals surface area contributed by atoms with E-state index in [1.165, 1.54) is 22.2 Å². The van der Waals surface area contributed by atoms with E-state index in [0.29, 0.717) is 15.9 Å². The van der Waals surface area contributed by atoms with Crippen molar-refractivity contribution in [3.05, 3.63) is 69.9 Å². The Bertz CT molecular complexity index is 1170. The number of carbonyl (C=O) groups is 1. The summed E-state index contributed by atoms with van der Waals surface area (Å²) in [5, 5.41) is 15.0. The van der Waals surface area contributed by atoms with Crippen molar-refractivity contribution in [3.63, 3.8) is 0 Å². The van der Waals surface area contributed by atoms with Crippen molar-refractivity contribution in [2.45, 2.75) is 12.1 Å². The van der Waals surface area contributed by atoms with E-state index in [4.69, 9.17) is 11.6 Å². The molecule has 0 saturated carbocycles. The first-order valence-electron chi connectivity index (χ1n) is 9.24. The van der Waals surface area contributed by atoms with Crippen LogP contribution < -0.4 is 5.32 Å². The van der Waals surface area contributed by atoms with Crippen molar-refractivity contribution in [2.24, 2.45) is 7.05 Å². The van der Waals surface area contributed by atoms with E-state index in [-0.39, 0.29) is 11.7 Å². The average Bonchev–Trinajstić information content (AvgIpc) is 3.31. The highest BCUT2D eigenvalue weighted by atomic mass is 35.5. The molecule has 2 aromatic carbocycles. The van der Waals surface area contributed by atoms with Gasteiger partial charge in [-0.2, -0.15) is 0 Å². The summed E-state index contributed by atoms with van der Waals surface area (Å²) in [6.45, 7) is 2.11. The third kappa shape index (κ3) is 4.43. The molecule has 4 aromatic rings. The third-order valence-corrected chi connectivity index (χ3v) is 6.76. The third-order valence-electron chi connectivity index (χ3n) is 4.57. The van der Waals surface area contributed by atoms with Gasteiger partial charge in [-0.1, -0.05) is 53.7 Å². The smallest absolute Gasteiger partial charge is 0.234 e. The van der Waals surface area contributed by atoms with Crippen LogP contribution in [0.3, 0.4) is 0 Å². The number of benzene rings is 2. The number of amides is 1. The molecule has 1 N–H and O–H groups in total. The Labute approximate surface area is 188 Å². The maximum atomic E-state index is 12.3. The van der Waals surface area contributed by atoms with E-state index in [0.717, 1.165) is 17.0 Å². The molecule has 2 aromatic heterocycles. The van der Waals surface area contributed by atoms with Crippen molar-refractivity contribution in [3.8, 4) is 22.5 Å². The highest BCUT2D eigenvalue weighted by molar-refractivity contribution is 7.99. The van der Waals surface area contributed by atoms with E-state index in [1.54, 1.807) is 35.6 Å². The fraction of sp³-hybridized carbons (Fsp3) is 0.136. The maximum absolute atomic E-state index is 12.3. The zero-order valence-electron chi connectivity index (χ0n) is 16.4. The molecule has 0 atom stereocenters. The predicted octanol–water partition coefficient (Wildman–Crippen LogP) is 5.90. The second-order valence-electron chi connectivity index (χ2n) is 6.66. The first kappa shape index (κ1) is 20.7. The summed E-state index contributed by atoms with van der Waals surface area (Å²) < 4.78 is 1.94. The Kier molecular flexibility index (Phi) is 6.22. The first-order valence-corrected chi connectivity index (χ1v) is 11.5. The Morgan fingerprint density at radius 2 is 1.87 bits per heavy atom. The molecule has 0 bridgehead atoms. The summed E-state index contributed by atoms with van der Waals surface area (Å²) in [4.78, 5) is 13.5. The van der Waals surface area contributed by atoms with Gasteiger partial charge in [0.2, 0.25) is 5.91 Å². The van der Waals surface area contributed by atoms with Crippen LogP contribution >= 0.6 is 34.7 Å². The molecule has 0 fully saturated rings. The molecule has 30 heavy (non-hydrogen) atoms. The summed E-state index contributed by atoms with van der Waals surface area (Å²) in [5.41, 5.74) is 4.10. The lowest BCUT2D eigenvalue weighted by molar-refractivity contribution is -0.113. The number of aryl methyl sites for hydroxylation is 1. The molecular formula is C22H19ClN4OS2. The van der Waals surface area contributed by atoms with Gasteiger partial charge < -0.3 is 9.88 Å².